The standard InChI is InChI=1S/C23H25NO5/c1-2-28-21(25)14-11-15(12-14)23(24,22(26)27)13-18-16-7-3-5-9-19(16)29-20-10-6-4-8-17(18)20/h3-10,14-15,18H,2,11-13,24H2,1H3,(H,26,27)/t14-,15-,23?. The van der Waals surface area contributed by atoms with Crippen LogP contribution < -0.4 is 10.5 Å². The first-order valence-electron chi connectivity index (χ1n) is 9.98. The van der Waals surface area contributed by atoms with Gasteiger partial charge in [0.25, 0.3) is 0 Å². The Morgan fingerprint density at radius 2 is 1.66 bits per heavy atom. The molecule has 0 amide bonds. The number of fused-ring (bicyclic) bond motifs is 2. The number of carboxylic acids is 1. The third kappa shape index (κ3) is 3.38. The number of hydrogen-bond donors (Lipinski definition) is 2. The molecule has 0 aromatic heterocycles. The Morgan fingerprint density at radius 1 is 1.10 bits per heavy atom. The van der Waals surface area contributed by atoms with Crippen molar-refractivity contribution < 1.29 is 24.2 Å². The second kappa shape index (κ2) is 7.52. The van der Waals surface area contributed by atoms with E-state index in [1.54, 1.807) is 6.92 Å². The maximum atomic E-state index is 12.3. The fraction of sp³-hybridized carbons (Fsp3) is 0.391. The van der Waals surface area contributed by atoms with Crippen LogP contribution in [0.3, 0.4) is 0 Å². The monoisotopic (exact) mass is 395 g/mol. The Morgan fingerprint density at radius 3 is 2.17 bits per heavy atom. The summed E-state index contributed by atoms with van der Waals surface area (Å²) in [6.45, 7) is 2.08. The van der Waals surface area contributed by atoms with Gasteiger partial charge in [-0.15, -0.1) is 0 Å². The second-order valence-corrected chi connectivity index (χ2v) is 7.90. The highest BCUT2D eigenvalue weighted by atomic mass is 16.5. The molecular weight excluding hydrogens is 370 g/mol. The molecule has 29 heavy (non-hydrogen) atoms. The number of carboxylic acid groups (broad SMARTS) is 1. The molecule has 3 N–H and O–H groups in total. The maximum Gasteiger partial charge on any atom is 0.323 e. The summed E-state index contributed by atoms with van der Waals surface area (Å²) in [7, 11) is 0. The van der Waals surface area contributed by atoms with Gasteiger partial charge in [-0.25, -0.2) is 0 Å². The predicted octanol–water partition coefficient (Wildman–Crippen LogP) is 3.69. The van der Waals surface area contributed by atoms with Crippen molar-refractivity contribution >= 4 is 11.9 Å². The molecule has 2 aliphatic rings. The number of aliphatic carboxylic acids is 1. The number of para-hydroxylation sites is 2. The van der Waals surface area contributed by atoms with Crippen molar-refractivity contribution in [3.05, 3.63) is 59.7 Å². The lowest BCUT2D eigenvalue weighted by Crippen LogP contribution is -2.59. The van der Waals surface area contributed by atoms with Crippen molar-refractivity contribution in [2.45, 2.75) is 37.6 Å². The SMILES string of the molecule is CCOC(=O)[C@H]1C[C@H](C(N)(CC2c3ccccc3Oc3ccccc32)C(=O)O)C1. The van der Waals surface area contributed by atoms with Gasteiger partial charge in [0, 0.05) is 17.0 Å². The van der Waals surface area contributed by atoms with Gasteiger partial charge < -0.3 is 20.3 Å². The van der Waals surface area contributed by atoms with Gasteiger partial charge in [0.2, 0.25) is 0 Å². The van der Waals surface area contributed by atoms with Crippen LogP contribution in [0.4, 0.5) is 0 Å². The zero-order chi connectivity index (χ0) is 20.6. The van der Waals surface area contributed by atoms with Crippen molar-refractivity contribution in [3.8, 4) is 11.5 Å². The van der Waals surface area contributed by atoms with E-state index in [1.165, 1.54) is 0 Å². The summed E-state index contributed by atoms with van der Waals surface area (Å²) < 4.78 is 11.1. The molecule has 2 aromatic rings. The Kier molecular flexibility index (Phi) is 5.04. The van der Waals surface area contributed by atoms with E-state index in [1.807, 2.05) is 48.5 Å². The molecule has 1 aliphatic heterocycles. The fourth-order valence-electron chi connectivity index (χ4n) is 4.49. The predicted molar refractivity (Wildman–Crippen MR) is 107 cm³/mol. The van der Waals surface area contributed by atoms with Crippen LogP contribution in [0.25, 0.3) is 0 Å². The number of hydrogen-bond acceptors (Lipinski definition) is 5. The minimum absolute atomic E-state index is 0.195. The van der Waals surface area contributed by atoms with Gasteiger partial charge in [0.1, 0.15) is 17.0 Å². The largest absolute Gasteiger partial charge is 0.480 e. The molecule has 152 valence electrons. The number of benzene rings is 2. The molecule has 1 aliphatic carbocycles. The first-order chi connectivity index (χ1) is 13.9. The highest BCUT2D eigenvalue weighted by molar-refractivity contribution is 5.81. The Balaban J connectivity index is 1.63. The second-order valence-electron chi connectivity index (χ2n) is 7.90. The van der Waals surface area contributed by atoms with Gasteiger partial charge in [-0.3, -0.25) is 9.59 Å². The van der Waals surface area contributed by atoms with Crippen LogP contribution in [-0.2, 0) is 14.3 Å². The van der Waals surface area contributed by atoms with Crippen LogP contribution in [0.5, 0.6) is 11.5 Å². The molecular formula is C23H25NO5. The van der Waals surface area contributed by atoms with E-state index in [2.05, 4.69) is 0 Å². The summed E-state index contributed by atoms with van der Waals surface area (Å²) in [5, 5.41) is 10.1. The van der Waals surface area contributed by atoms with Gasteiger partial charge in [-0.05, 0) is 44.2 Å². The highest BCUT2D eigenvalue weighted by Gasteiger charge is 2.52. The third-order valence-corrected chi connectivity index (χ3v) is 6.24. The molecule has 2 aromatic carbocycles. The van der Waals surface area contributed by atoms with Crippen molar-refractivity contribution in [2.75, 3.05) is 6.61 Å². The molecule has 1 unspecified atom stereocenters. The smallest absolute Gasteiger partial charge is 0.323 e. The van der Waals surface area contributed by atoms with Gasteiger partial charge in [-0.1, -0.05) is 36.4 Å². The van der Waals surface area contributed by atoms with Crippen LogP contribution in [0.1, 0.15) is 43.2 Å². The van der Waals surface area contributed by atoms with E-state index in [0.29, 0.717) is 19.4 Å². The normalized spacial score (nSPS) is 22.3. The van der Waals surface area contributed by atoms with Gasteiger partial charge >= 0.3 is 11.9 Å². The van der Waals surface area contributed by atoms with Gasteiger partial charge in [-0.2, -0.15) is 0 Å². The van der Waals surface area contributed by atoms with Crippen LogP contribution in [0, 0.1) is 11.8 Å². The molecule has 0 radical (unpaired) electrons. The molecule has 6 nitrogen and oxygen atoms in total. The molecule has 1 fully saturated rings. The quantitative estimate of drug-likeness (QED) is 0.724. The lowest BCUT2D eigenvalue weighted by Gasteiger charge is -2.45. The number of ether oxygens (including phenoxy) is 2. The zero-order valence-electron chi connectivity index (χ0n) is 16.3. The topological polar surface area (TPSA) is 98.9 Å². The van der Waals surface area contributed by atoms with Crippen LogP contribution >= 0.6 is 0 Å². The maximum absolute atomic E-state index is 12.3. The zero-order valence-corrected chi connectivity index (χ0v) is 16.3. The van der Waals surface area contributed by atoms with E-state index in [0.717, 1.165) is 22.6 Å². The molecule has 1 heterocycles. The molecule has 1 atom stereocenters. The first-order valence-corrected chi connectivity index (χ1v) is 9.98. The number of rotatable bonds is 6. The molecule has 4 rings (SSSR count). The van der Waals surface area contributed by atoms with Crippen molar-refractivity contribution in [1.29, 1.82) is 0 Å². The van der Waals surface area contributed by atoms with E-state index in [4.69, 9.17) is 15.2 Å². The number of carbonyl (C=O) groups is 2. The lowest BCUT2D eigenvalue weighted by molar-refractivity contribution is -0.159. The van der Waals surface area contributed by atoms with E-state index >= 15 is 0 Å². The fourth-order valence-corrected chi connectivity index (χ4v) is 4.49. The van der Waals surface area contributed by atoms with Crippen molar-refractivity contribution in [3.63, 3.8) is 0 Å². The van der Waals surface area contributed by atoms with Crippen LogP contribution in [0.15, 0.2) is 48.5 Å². The van der Waals surface area contributed by atoms with E-state index < -0.39 is 11.5 Å². The Hall–Kier alpha value is -2.86. The first kappa shape index (κ1) is 19.5. The summed E-state index contributed by atoms with van der Waals surface area (Å²) in [6.07, 6.45) is 1.11. The minimum Gasteiger partial charge on any atom is -0.480 e. The molecule has 0 bridgehead atoms. The third-order valence-electron chi connectivity index (χ3n) is 6.24. The average Bonchev–Trinajstić information content (AvgIpc) is 2.66. The Labute approximate surface area is 169 Å². The van der Waals surface area contributed by atoms with Gasteiger partial charge in [0.15, 0.2) is 0 Å². The number of carbonyl (C=O) groups excluding carboxylic acids is 1. The van der Waals surface area contributed by atoms with Crippen LogP contribution in [0.2, 0.25) is 0 Å². The number of esters is 1. The van der Waals surface area contributed by atoms with E-state index in [9.17, 15) is 14.7 Å². The summed E-state index contributed by atoms with van der Waals surface area (Å²) in [5.41, 5.74) is 6.96. The van der Waals surface area contributed by atoms with Crippen molar-refractivity contribution in [1.82, 2.24) is 0 Å². The minimum atomic E-state index is -1.44. The molecule has 6 heteroatoms. The van der Waals surface area contributed by atoms with Crippen molar-refractivity contribution in [2.24, 2.45) is 17.6 Å². The summed E-state index contributed by atoms with van der Waals surface area (Å²) >= 11 is 0. The summed E-state index contributed by atoms with van der Waals surface area (Å²) in [4.78, 5) is 24.2. The van der Waals surface area contributed by atoms with E-state index in [-0.39, 0.29) is 30.1 Å². The van der Waals surface area contributed by atoms with Gasteiger partial charge in [0.05, 0.1) is 12.5 Å². The molecule has 1 saturated carbocycles. The summed E-state index contributed by atoms with van der Waals surface area (Å²) in [5.74, 6) is -0.597. The van der Waals surface area contributed by atoms with Crippen LogP contribution in [-0.4, -0.2) is 29.2 Å². The molecule has 0 saturated heterocycles. The Bertz CT molecular complexity index is 891. The summed E-state index contributed by atoms with van der Waals surface area (Å²) in [6, 6.07) is 15.3. The lowest BCUT2D eigenvalue weighted by atomic mass is 9.61. The molecule has 0 spiro atoms. The average molecular weight is 395 g/mol. The number of nitrogens with two attached hydrogens (primary N) is 1. The highest BCUT2D eigenvalue weighted by Crippen LogP contribution is 2.50.